The van der Waals surface area contributed by atoms with E-state index in [0.717, 1.165) is 12.1 Å². The van der Waals surface area contributed by atoms with E-state index in [1.54, 1.807) is 24.3 Å². The number of carbonyl (C=O) groups is 2. The van der Waals surface area contributed by atoms with Crippen LogP contribution < -0.4 is 5.32 Å². The summed E-state index contributed by atoms with van der Waals surface area (Å²) in [5, 5.41) is 11.3. The van der Waals surface area contributed by atoms with Crippen molar-refractivity contribution < 1.29 is 22.8 Å². The first kappa shape index (κ1) is 19.1. The first-order valence-corrected chi connectivity index (χ1v) is 8.06. The molecule has 28 heavy (non-hydrogen) atoms. The fourth-order valence-corrected chi connectivity index (χ4v) is 2.81. The molecule has 2 aromatic carbocycles. The molecular formula is C19H13F3N4O2. The number of hydrogen-bond acceptors (Lipinski definition) is 4. The number of aromatic nitrogens is 2. The Morgan fingerprint density at radius 2 is 2.00 bits per heavy atom. The minimum Gasteiger partial charge on any atom is -0.324 e. The van der Waals surface area contributed by atoms with E-state index < -0.39 is 17.6 Å². The zero-order valence-corrected chi connectivity index (χ0v) is 14.5. The summed E-state index contributed by atoms with van der Waals surface area (Å²) >= 11 is 0. The molecule has 3 rings (SSSR count). The van der Waals surface area contributed by atoms with Gasteiger partial charge < -0.3 is 9.88 Å². The molecule has 0 unspecified atom stereocenters. The zero-order valence-electron chi connectivity index (χ0n) is 14.5. The quantitative estimate of drug-likeness (QED) is 0.692. The van der Waals surface area contributed by atoms with Gasteiger partial charge in [-0.3, -0.25) is 9.59 Å². The molecule has 1 aromatic heterocycles. The Morgan fingerprint density at radius 1 is 1.25 bits per heavy atom. The molecule has 9 heteroatoms. The number of nitriles is 1. The van der Waals surface area contributed by atoms with Crippen molar-refractivity contribution in [1.82, 2.24) is 9.55 Å². The van der Waals surface area contributed by atoms with Crippen LogP contribution in [-0.2, 0) is 17.5 Å². The number of para-hydroxylation sites is 1. The highest BCUT2D eigenvalue weighted by Crippen LogP contribution is 2.32. The van der Waals surface area contributed by atoms with Crippen LogP contribution in [0.2, 0.25) is 0 Å². The first-order valence-electron chi connectivity index (χ1n) is 8.06. The summed E-state index contributed by atoms with van der Waals surface area (Å²) in [5.41, 5.74) is -0.0367. The van der Waals surface area contributed by atoms with Gasteiger partial charge in [-0.1, -0.05) is 6.07 Å². The third-order valence-corrected chi connectivity index (χ3v) is 4.00. The maximum absolute atomic E-state index is 13.0. The van der Waals surface area contributed by atoms with Crippen molar-refractivity contribution in [2.75, 3.05) is 5.32 Å². The maximum Gasteiger partial charge on any atom is 0.416 e. The van der Waals surface area contributed by atoms with Crippen molar-refractivity contribution >= 4 is 28.4 Å². The highest BCUT2D eigenvalue weighted by molar-refractivity contribution is 6.05. The minimum absolute atomic E-state index is 0.146. The van der Waals surface area contributed by atoms with E-state index in [0.29, 0.717) is 22.7 Å². The second-order valence-electron chi connectivity index (χ2n) is 6.06. The number of fused-ring (bicyclic) bond motifs is 1. The van der Waals surface area contributed by atoms with Crippen molar-refractivity contribution in [3.63, 3.8) is 0 Å². The predicted molar refractivity (Wildman–Crippen MR) is 94.5 cm³/mol. The van der Waals surface area contributed by atoms with Crippen LogP contribution in [-0.4, -0.2) is 21.2 Å². The third kappa shape index (κ3) is 3.86. The number of hydrogen-bond donors (Lipinski definition) is 1. The SMILES string of the molecule is CC(=O)c1cccc2ncn(CC(=O)Nc3cc(C#N)cc(C(F)(F)F)c3)c12. The van der Waals surface area contributed by atoms with Crippen molar-refractivity contribution in [3.05, 3.63) is 59.4 Å². The summed E-state index contributed by atoms with van der Waals surface area (Å²) in [6.07, 6.45) is -3.27. The summed E-state index contributed by atoms with van der Waals surface area (Å²) < 4.78 is 40.3. The summed E-state index contributed by atoms with van der Waals surface area (Å²) in [6, 6.07) is 9.21. The van der Waals surface area contributed by atoms with Gasteiger partial charge in [-0.05, 0) is 37.3 Å². The average Bonchev–Trinajstić information content (AvgIpc) is 3.03. The van der Waals surface area contributed by atoms with Crippen LogP contribution in [0.25, 0.3) is 11.0 Å². The van der Waals surface area contributed by atoms with E-state index in [1.807, 2.05) is 0 Å². The molecule has 0 spiro atoms. The van der Waals surface area contributed by atoms with Crippen LogP contribution in [0.1, 0.15) is 28.4 Å². The number of Topliss-reactive ketones (excluding diaryl/α,β-unsaturated/α-hetero) is 1. The van der Waals surface area contributed by atoms with Gasteiger partial charge in [0, 0.05) is 11.3 Å². The predicted octanol–water partition coefficient (Wildman–Crippen LogP) is 3.77. The largest absolute Gasteiger partial charge is 0.416 e. The molecule has 0 aliphatic carbocycles. The Balaban J connectivity index is 1.89. The number of halogens is 3. The van der Waals surface area contributed by atoms with Gasteiger partial charge >= 0.3 is 6.18 Å². The molecule has 0 aliphatic heterocycles. The van der Waals surface area contributed by atoms with Crippen LogP contribution >= 0.6 is 0 Å². The van der Waals surface area contributed by atoms with Gasteiger partial charge in [-0.15, -0.1) is 0 Å². The summed E-state index contributed by atoms with van der Waals surface area (Å²) in [6.45, 7) is 1.12. The molecule has 0 saturated carbocycles. The van der Waals surface area contributed by atoms with E-state index in [9.17, 15) is 22.8 Å². The molecule has 0 bridgehead atoms. The molecule has 0 saturated heterocycles. The number of carbonyl (C=O) groups excluding carboxylic acids is 2. The molecule has 0 fully saturated rings. The van der Waals surface area contributed by atoms with Gasteiger partial charge in [0.25, 0.3) is 0 Å². The average molecular weight is 386 g/mol. The topological polar surface area (TPSA) is 87.8 Å². The Morgan fingerprint density at radius 3 is 2.64 bits per heavy atom. The van der Waals surface area contributed by atoms with E-state index in [1.165, 1.54) is 17.8 Å². The number of nitrogens with zero attached hydrogens (tertiary/aromatic N) is 3. The number of ketones is 1. The van der Waals surface area contributed by atoms with Gasteiger partial charge in [0.2, 0.25) is 5.91 Å². The van der Waals surface area contributed by atoms with Crippen molar-refractivity contribution in [2.45, 2.75) is 19.6 Å². The Bertz CT molecular complexity index is 1130. The summed E-state index contributed by atoms with van der Waals surface area (Å²) in [4.78, 5) is 28.3. The molecule has 6 nitrogen and oxygen atoms in total. The van der Waals surface area contributed by atoms with E-state index in [4.69, 9.17) is 5.26 Å². The van der Waals surface area contributed by atoms with Crippen LogP contribution in [0.15, 0.2) is 42.7 Å². The number of alkyl halides is 3. The number of benzene rings is 2. The smallest absolute Gasteiger partial charge is 0.324 e. The second-order valence-corrected chi connectivity index (χ2v) is 6.06. The second kappa shape index (κ2) is 7.15. The standard InChI is InChI=1S/C19H13F3N4O2/c1-11(27)15-3-2-4-16-18(15)26(10-24-16)9-17(28)25-14-6-12(8-23)5-13(7-14)19(20,21)22/h2-7,10H,9H2,1H3,(H,25,28). The van der Waals surface area contributed by atoms with Crippen LogP contribution in [0.4, 0.5) is 18.9 Å². The molecule has 0 radical (unpaired) electrons. The number of amides is 1. The minimum atomic E-state index is -4.65. The Hall–Kier alpha value is -3.67. The lowest BCUT2D eigenvalue weighted by molar-refractivity contribution is -0.137. The lowest BCUT2D eigenvalue weighted by Gasteiger charge is -2.12. The normalized spacial score (nSPS) is 11.2. The highest BCUT2D eigenvalue weighted by atomic mass is 19.4. The lowest BCUT2D eigenvalue weighted by atomic mass is 10.1. The maximum atomic E-state index is 13.0. The van der Waals surface area contributed by atoms with Crippen molar-refractivity contribution in [2.24, 2.45) is 0 Å². The summed E-state index contributed by atoms with van der Waals surface area (Å²) in [5.74, 6) is -0.829. The first-order chi connectivity index (χ1) is 13.2. The number of nitrogens with one attached hydrogen (secondary N) is 1. The van der Waals surface area contributed by atoms with Crippen molar-refractivity contribution in [3.8, 4) is 6.07 Å². The molecule has 3 aromatic rings. The molecule has 0 aliphatic rings. The molecule has 1 N–H and O–H groups in total. The summed E-state index contributed by atoms with van der Waals surface area (Å²) in [7, 11) is 0. The number of imidazole rings is 1. The molecule has 0 atom stereocenters. The van der Waals surface area contributed by atoms with Gasteiger partial charge in [0.15, 0.2) is 5.78 Å². The number of rotatable bonds is 4. The lowest BCUT2D eigenvalue weighted by Crippen LogP contribution is -2.19. The number of anilines is 1. The van der Waals surface area contributed by atoms with E-state index >= 15 is 0 Å². The zero-order chi connectivity index (χ0) is 20.5. The van der Waals surface area contributed by atoms with E-state index in [2.05, 4.69) is 10.3 Å². The van der Waals surface area contributed by atoms with Crippen LogP contribution in [0.5, 0.6) is 0 Å². The van der Waals surface area contributed by atoms with E-state index in [-0.39, 0.29) is 23.6 Å². The molecule has 142 valence electrons. The molecular weight excluding hydrogens is 373 g/mol. The van der Waals surface area contributed by atoms with Gasteiger partial charge in [0.05, 0.1) is 34.6 Å². The van der Waals surface area contributed by atoms with Gasteiger partial charge in [0.1, 0.15) is 6.54 Å². The van der Waals surface area contributed by atoms with Gasteiger partial charge in [-0.2, -0.15) is 18.4 Å². The Labute approximate surface area is 157 Å². The molecule has 1 heterocycles. The fourth-order valence-electron chi connectivity index (χ4n) is 2.81. The van der Waals surface area contributed by atoms with Crippen LogP contribution in [0.3, 0.4) is 0 Å². The third-order valence-electron chi connectivity index (χ3n) is 4.00. The molecule has 1 amide bonds. The Kier molecular flexibility index (Phi) is 4.88. The van der Waals surface area contributed by atoms with Gasteiger partial charge in [-0.25, -0.2) is 4.98 Å². The monoisotopic (exact) mass is 386 g/mol. The van der Waals surface area contributed by atoms with Crippen LogP contribution in [0, 0.1) is 11.3 Å². The highest BCUT2D eigenvalue weighted by Gasteiger charge is 2.31. The van der Waals surface area contributed by atoms with Crippen molar-refractivity contribution in [1.29, 1.82) is 5.26 Å². The fraction of sp³-hybridized carbons (Fsp3) is 0.158.